The average molecular weight is 536 g/mol. The highest BCUT2D eigenvalue weighted by atomic mass is 32.1. The summed E-state index contributed by atoms with van der Waals surface area (Å²) in [6.07, 6.45) is 3.08. The van der Waals surface area contributed by atoms with E-state index in [9.17, 15) is 14.4 Å². The summed E-state index contributed by atoms with van der Waals surface area (Å²) in [7, 11) is 1.70. The summed E-state index contributed by atoms with van der Waals surface area (Å²) in [4.78, 5) is 49.0. The van der Waals surface area contributed by atoms with Gasteiger partial charge in [-0.1, -0.05) is 6.07 Å². The predicted molar refractivity (Wildman–Crippen MR) is 143 cm³/mol. The van der Waals surface area contributed by atoms with Crippen molar-refractivity contribution in [1.82, 2.24) is 29.3 Å². The van der Waals surface area contributed by atoms with E-state index in [1.54, 1.807) is 25.5 Å². The van der Waals surface area contributed by atoms with E-state index < -0.39 is 11.5 Å². The van der Waals surface area contributed by atoms with Gasteiger partial charge in [-0.25, -0.2) is 14.6 Å². The molecule has 38 heavy (non-hydrogen) atoms. The largest absolute Gasteiger partial charge is 0.484 e. The number of piperidine rings is 1. The second kappa shape index (κ2) is 10.4. The maximum atomic E-state index is 12.9. The zero-order chi connectivity index (χ0) is 27.0. The highest BCUT2D eigenvalue weighted by molar-refractivity contribution is 7.09. The summed E-state index contributed by atoms with van der Waals surface area (Å²) in [5, 5.41) is 7.01. The molecule has 11 nitrogen and oxygen atoms in total. The van der Waals surface area contributed by atoms with Crippen LogP contribution in [0.25, 0.3) is 11.0 Å². The zero-order valence-electron chi connectivity index (χ0n) is 21.7. The highest BCUT2D eigenvalue weighted by Gasteiger charge is 2.27. The van der Waals surface area contributed by atoms with Crippen molar-refractivity contribution in [1.29, 1.82) is 0 Å². The number of carbonyl (C=O) groups is 2. The molecule has 3 aromatic heterocycles. The molecule has 198 valence electrons. The van der Waals surface area contributed by atoms with Crippen LogP contribution in [0.1, 0.15) is 51.2 Å². The van der Waals surface area contributed by atoms with Gasteiger partial charge in [0.1, 0.15) is 22.7 Å². The fourth-order valence-electron chi connectivity index (χ4n) is 4.47. The molecule has 0 radical (unpaired) electrons. The first-order chi connectivity index (χ1) is 18.2. The Balaban J connectivity index is 1.17. The molecule has 0 spiro atoms. The molecule has 1 aliphatic rings. The Morgan fingerprint density at radius 1 is 1.13 bits per heavy atom. The molecular weight excluding hydrogens is 506 g/mol. The first kappa shape index (κ1) is 25.6. The van der Waals surface area contributed by atoms with Crippen LogP contribution in [0.3, 0.4) is 0 Å². The number of aryl methyl sites for hydroxylation is 4. The smallest absolute Gasteiger partial charge is 0.289 e. The molecular formula is C26H29N7O4S. The molecule has 0 atom stereocenters. The number of amides is 2. The topological polar surface area (TPSA) is 124 Å². The minimum absolute atomic E-state index is 0.00716. The molecule has 1 saturated heterocycles. The molecule has 4 aromatic rings. The van der Waals surface area contributed by atoms with Crippen LogP contribution < -0.4 is 15.7 Å². The van der Waals surface area contributed by atoms with Crippen LogP contribution in [0, 0.1) is 20.8 Å². The number of thiazole rings is 1. The van der Waals surface area contributed by atoms with Gasteiger partial charge < -0.3 is 9.64 Å². The third-order valence-corrected chi connectivity index (χ3v) is 7.85. The fourth-order valence-corrected chi connectivity index (χ4v) is 5.44. The molecule has 1 fully saturated rings. The van der Waals surface area contributed by atoms with Gasteiger partial charge >= 0.3 is 0 Å². The summed E-state index contributed by atoms with van der Waals surface area (Å²) in [6, 6.07) is 5.80. The lowest BCUT2D eigenvalue weighted by atomic mass is 9.97. The van der Waals surface area contributed by atoms with Crippen molar-refractivity contribution in [2.75, 3.05) is 25.1 Å². The van der Waals surface area contributed by atoms with Gasteiger partial charge in [-0.3, -0.25) is 24.5 Å². The molecule has 0 unspecified atom stereocenters. The average Bonchev–Trinajstić information content (AvgIpc) is 3.54. The van der Waals surface area contributed by atoms with Crippen molar-refractivity contribution in [3.63, 3.8) is 0 Å². The summed E-state index contributed by atoms with van der Waals surface area (Å²) >= 11 is 1.41. The lowest BCUT2D eigenvalue weighted by Crippen LogP contribution is -2.40. The Hall–Kier alpha value is -4.06. The van der Waals surface area contributed by atoms with Crippen molar-refractivity contribution >= 4 is 34.2 Å². The molecule has 2 amide bonds. The van der Waals surface area contributed by atoms with Gasteiger partial charge in [0.2, 0.25) is 0 Å². The number of nitrogens with one attached hydrogen (secondary N) is 1. The number of benzene rings is 1. The molecule has 4 heterocycles. The molecule has 5 rings (SSSR count). The van der Waals surface area contributed by atoms with E-state index in [2.05, 4.69) is 20.5 Å². The molecule has 12 heteroatoms. The number of carbonyl (C=O) groups excluding carboxylic acids is 2. The van der Waals surface area contributed by atoms with E-state index in [0.717, 1.165) is 28.1 Å². The predicted octanol–water partition coefficient (Wildman–Crippen LogP) is 2.68. The Kier molecular flexibility index (Phi) is 6.98. The summed E-state index contributed by atoms with van der Waals surface area (Å²) in [6.45, 7) is 6.90. The van der Waals surface area contributed by atoms with Crippen LogP contribution in [0.15, 0.2) is 34.6 Å². The normalized spacial score (nSPS) is 14.2. The molecule has 0 bridgehead atoms. The lowest BCUT2D eigenvalue weighted by Gasteiger charge is -2.31. The van der Waals surface area contributed by atoms with Gasteiger partial charge in [-0.2, -0.15) is 5.10 Å². The second-order valence-electron chi connectivity index (χ2n) is 9.54. The Labute approximate surface area is 223 Å². The molecule has 1 aromatic carbocycles. The third kappa shape index (κ3) is 5.17. The van der Waals surface area contributed by atoms with Gasteiger partial charge in [0.25, 0.3) is 17.4 Å². The quantitative estimate of drug-likeness (QED) is 0.403. The number of likely N-dealkylation sites (tertiary alicyclic amines) is 1. The number of hydrogen-bond acceptors (Lipinski definition) is 8. The van der Waals surface area contributed by atoms with E-state index in [4.69, 9.17) is 4.74 Å². The summed E-state index contributed by atoms with van der Waals surface area (Å²) in [5.74, 6) is 0.644. The zero-order valence-corrected chi connectivity index (χ0v) is 22.5. The van der Waals surface area contributed by atoms with Crippen LogP contribution >= 0.6 is 11.3 Å². The number of rotatable bonds is 6. The van der Waals surface area contributed by atoms with E-state index in [-0.39, 0.29) is 24.1 Å². The molecule has 1 N–H and O–H groups in total. The fraction of sp³-hybridized carbons (Fsp3) is 0.385. The van der Waals surface area contributed by atoms with Crippen molar-refractivity contribution in [2.24, 2.45) is 7.05 Å². The molecule has 0 saturated carbocycles. The monoisotopic (exact) mass is 535 g/mol. The highest BCUT2D eigenvalue weighted by Crippen LogP contribution is 2.30. The van der Waals surface area contributed by atoms with Gasteiger partial charge in [-0.15, -0.1) is 11.3 Å². The maximum Gasteiger partial charge on any atom is 0.289 e. The van der Waals surface area contributed by atoms with Gasteiger partial charge in [-0.05, 0) is 56.9 Å². The van der Waals surface area contributed by atoms with E-state index in [1.807, 2.05) is 36.9 Å². The number of nitrogens with zero attached hydrogens (tertiary/aromatic N) is 6. The van der Waals surface area contributed by atoms with E-state index in [0.29, 0.717) is 35.7 Å². The van der Waals surface area contributed by atoms with E-state index >= 15 is 0 Å². The minimum atomic E-state index is -0.487. The maximum absolute atomic E-state index is 12.9. The van der Waals surface area contributed by atoms with Crippen molar-refractivity contribution in [2.45, 2.75) is 39.5 Å². The summed E-state index contributed by atoms with van der Waals surface area (Å²) < 4.78 is 8.34. The number of hydrogen-bond donors (Lipinski definition) is 1. The van der Waals surface area contributed by atoms with Gasteiger partial charge in [0, 0.05) is 37.6 Å². The Morgan fingerprint density at radius 2 is 1.89 bits per heavy atom. The van der Waals surface area contributed by atoms with Crippen LogP contribution in [-0.4, -0.2) is 60.8 Å². The van der Waals surface area contributed by atoms with Crippen molar-refractivity contribution in [3.05, 3.63) is 67.8 Å². The Bertz CT molecular complexity index is 1580. The van der Waals surface area contributed by atoms with Crippen LogP contribution in [0.5, 0.6) is 5.75 Å². The number of aromatic nitrogens is 5. The van der Waals surface area contributed by atoms with Crippen molar-refractivity contribution in [3.8, 4) is 5.75 Å². The first-order valence-electron chi connectivity index (χ1n) is 12.4. The molecule has 0 aliphatic carbocycles. The SMILES string of the molecule is Cc1ccc(OCC(=O)N2CCC(c3nc(C(=O)Nn4c(C)nc5nn(C)cc5c4=O)cs3)CC2)cc1C. The standard InChI is InChI=1S/C26H29N7O4S/c1-15-5-6-19(11-16(15)2)37-13-22(34)32-9-7-18(8-10-32)25-28-21(14-38-25)24(35)30-33-17(3)27-23-20(26(33)36)12-31(4)29-23/h5-6,11-12,14,18H,7-10,13H2,1-4H3,(H,30,35). The Morgan fingerprint density at radius 3 is 2.63 bits per heavy atom. The number of ether oxygens (including phenoxy) is 1. The third-order valence-electron chi connectivity index (χ3n) is 6.84. The van der Waals surface area contributed by atoms with Crippen LogP contribution in [0.4, 0.5) is 0 Å². The number of fused-ring (bicyclic) bond motifs is 1. The summed E-state index contributed by atoms with van der Waals surface area (Å²) in [5.41, 5.74) is 5.09. The van der Waals surface area contributed by atoms with Crippen molar-refractivity contribution < 1.29 is 14.3 Å². The van der Waals surface area contributed by atoms with Gasteiger partial charge in [0.15, 0.2) is 12.3 Å². The van der Waals surface area contributed by atoms with Gasteiger partial charge in [0.05, 0.1) is 5.01 Å². The second-order valence-corrected chi connectivity index (χ2v) is 10.4. The van der Waals surface area contributed by atoms with E-state index in [1.165, 1.54) is 21.6 Å². The van der Waals surface area contributed by atoms with Crippen LogP contribution in [-0.2, 0) is 11.8 Å². The minimum Gasteiger partial charge on any atom is -0.484 e. The lowest BCUT2D eigenvalue weighted by molar-refractivity contribution is -0.134. The molecule has 1 aliphatic heterocycles. The van der Waals surface area contributed by atoms with Crippen LogP contribution in [0.2, 0.25) is 0 Å². The first-order valence-corrected chi connectivity index (χ1v) is 13.2.